The van der Waals surface area contributed by atoms with E-state index in [0.29, 0.717) is 9.53 Å². The molecule has 0 heterocycles. The number of carbonyl (C=O) groups is 1. The van der Waals surface area contributed by atoms with Gasteiger partial charge in [-0.05, 0) is 0 Å². The van der Waals surface area contributed by atoms with E-state index < -0.39 is 25.0 Å². The van der Waals surface area contributed by atoms with Crippen LogP contribution in [-0.4, -0.2) is 19.2 Å². The Bertz CT molecular complexity index is 294. The molecule has 0 amide bonds. The maximum atomic E-state index is 10.9. The van der Waals surface area contributed by atoms with E-state index in [1.54, 1.807) is 0 Å². The summed E-state index contributed by atoms with van der Waals surface area (Å²) in [6.45, 7) is 1.54. The van der Waals surface area contributed by atoms with Crippen LogP contribution in [0, 0.1) is 23.7 Å². The second-order valence-electron chi connectivity index (χ2n) is 5.29. The van der Waals surface area contributed by atoms with Crippen molar-refractivity contribution >= 4 is 5.97 Å². The molecule has 0 N–H and O–H groups in total. The summed E-state index contributed by atoms with van der Waals surface area (Å²) >= 11 is -1.50. The first kappa shape index (κ1) is 10.5. The Labute approximate surface area is 103 Å². The fourth-order valence-corrected chi connectivity index (χ4v) is 11.7. The van der Waals surface area contributed by atoms with Gasteiger partial charge in [0.05, 0.1) is 0 Å². The summed E-state index contributed by atoms with van der Waals surface area (Å²) in [5.41, 5.74) is 0. The third kappa shape index (κ3) is 1.57. The van der Waals surface area contributed by atoms with Crippen molar-refractivity contribution in [2.45, 2.75) is 29.3 Å². The van der Waals surface area contributed by atoms with Gasteiger partial charge in [-0.15, -0.1) is 0 Å². The molecule has 0 spiro atoms. The zero-order valence-electron chi connectivity index (χ0n) is 9.31. The Morgan fingerprint density at radius 3 is 2.53 bits per heavy atom. The molecule has 0 aromatic rings. The number of ether oxygens (including phenoxy) is 1. The molecule has 4 heteroatoms. The number of hydrogen-bond acceptors (Lipinski definition) is 3. The van der Waals surface area contributed by atoms with Crippen molar-refractivity contribution < 1.29 is 37.2 Å². The summed E-state index contributed by atoms with van der Waals surface area (Å²) in [7, 11) is 1.83. The molecule has 3 aliphatic rings. The molecule has 0 saturated heterocycles. The fraction of sp³-hybridized carbons (Fsp3) is 0.909. The van der Waals surface area contributed by atoms with Crippen molar-refractivity contribution in [2.75, 3.05) is 7.11 Å². The molecule has 0 unspecified atom stereocenters. The molecule has 3 aliphatic carbocycles. The quantitative estimate of drug-likeness (QED) is 0.680. The normalized spacial score (nSPS) is 49.7. The predicted octanol–water partition coefficient (Wildman–Crippen LogP) is 1.64. The van der Waals surface area contributed by atoms with Gasteiger partial charge < -0.3 is 0 Å². The van der Waals surface area contributed by atoms with E-state index in [-0.39, 0.29) is 5.97 Å². The molecule has 3 fully saturated rings. The molecule has 3 saturated carbocycles. The molecule has 0 aliphatic heterocycles. The number of fused-ring (bicyclic) bond motifs is 5. The summed E-state index contributed by atoms with van der Waals surface area (Å²) < 4.78 is 11.7. The van der Waals surface area contributed by atoms with Gasteiger partial charge in [0.2, 0.25) is 0 Å². The molecule has 0 radical (unpaired) electrons. The van der Waals surface area contributed by atoms with E-state index in [0.717, 1.165) is 23.7 Å². The van der Waals surface area contributed by atoms with Crippen LogP contribution < -0.4 is 0 Å². The number of hydrogen-bond donors (Lipinski definition) is 0. The van der Waals surface area contributed by atoms with Crippen LogP contribution in [-0.2, 0) is 37.2 Å². The van der Waals surface area contributed by atoms with Crippen LogP contribution in [0.5, 0.6) is 0 Å². The summed E-state index contributed by atoms with van der Waals surface area (Å²) in [5, 5.41) is 0. The van der Waals surface area contributed by atoms with Crippen molar-refractivity contribution in [3.8, 4) is 0 Å². The third-order valence-electron chi connectivity index (χ3n) is 4.68. The van der Waals surface area contributed by atoms with Crippen molar-refractivity contribution in [1.82, 2.24) is 0 Å². The van der Waals surface area contributed by atoms with Crippen LogP contribution in [0.4, 0.5) is 0 Å². The third-order valence-corrected chi connectivity index (χ3v) is 12.6. The van der Waals surface area contributed by atoms with E-state index in [4.69, 9.17) is 7.38 Å². The number of methoxy groups -OCH3 is 1. The molecule has 80 valence electrons. The molecular weight excluding hydrogens is 381 g/mol. The van der Waals surface area contributed by atoms with Gasteiger partial charge in [-0.3, -0.25) is 0 Å². The van der Waals surface area contributed by atoms with Crippen LogP contribution in [0.15, 0.2) is 0 Å². The summed E-state index contributed by atoms with van der Waals surface area (Å²) in [5.74, 6) is 3.57. The first-order valence-corrected chi connectivity index (χ1v) is 11.3. The summed E-state index contributed by atoms with van der Waals surface area (Å²) in [6, 6.07) is 0. The van der Waals surface area contributed by atoms with E-state index in [1.807, 2.05) is 7.11 Å². The first-order chi connectivity index (χ1) is 7.22. The Hall–Kier alpha value is 0.365. The van der Waals surface area contributed by atoms with E-state index in [1.165, 1.54) is 19.8 Å². The monoisotopic (exact) mass is 398 g/mol. The Kier molecular flexibility index (Phi) is 2.59. The second kappa shape index (κ2) is 3.69. The predicted molar refractivity (Wildman–Crippen MR) is 49.5 cm³/mol. The van der Waals surface area contributed by atoms with Gasteiger partial charge in [-0.25, -0.2) is 0 Å². The SMILES string of the molecule is CO[C@@H]1[C@@H]2C[C@@H]([C@H]3C[C@H]32)[C@@H]1[Hg][O]C(C)=O. The van der Waals surface area contributed by atoms with Crippen LogP contribution >= 0.6 is 0 Å². The second-order valence-corrected chi connectivity index (χ2v) is 11.4. The summed E-state index contributed by atoms with van der Waals surface area (Å²) in [4.78, 5) is 10.9. The van der Waals surface area contributed by atoms with Crippen LogP contribution in [0.1, 0.15) is 19.8 Å². The fourth-order valence-electron chi connectivity index (χ4n) is 4.10. The molecule has 0 aromatic heterocycles. The van der Waals surface area contributed by atoms with Crippen molar-refractivity contribution in [2.24, 2.45) is 23.7 Å². The topological polar surface area (TPSA) is 35.5 Å². The van der Waals surface area contributed by atoms with Gasteiger partial charge in [0.25, 0.3) is 0 Å². The Morgan fingerprint density at radius 2 is 1.87 bits per heavy atom. The van der Waals surface area contributed by atoms with Gasteiger partial charge in [-0.2, -0.15) is 0 Å². The molecule has 15 heavy (non-hydrogen) atoms. The molecule has 3 nitrogen and oxygen atoms in total. The summed E-state index contributed by atoms with van der Waals surface area (Å²) in [6.07, 6.45) is 3.24. The minimum atomic E-state index is -1.50. The van der Waals surface area contributed by atoms with Gasteiger partial charge in [-0.1, -0.05) is 0 Å². The Morgan fingerprint density at radius 1 is 1.20 bits per heavy atom. The standard InChI is InChI=1S/C9H13O.C2H4O2.Hg/c1-10-9-3-5-2-8(9)7-4-6(5)7;1-2(3)4;/h3,5-9H,2,4H2,1H3;1H3,(H,3,4);/q;;+1/p-1/t5-,6-,7-,8-,9+;;/m1../s1. The first-order valence-electron chi connectivity index (χ1n) is 5.88. The molecule has 3 rings (SSSR count). The van der Waals surface area contributed by atoms with Gasteiger partial charge in [0.15, 0.2) is 0 Å². The molecule has 0 aromatic carbocycles. The van der Waals surface area contributed by atoms with Gasteiger partial charge >= 0.3 is 103 Å². The van der Waals surface area contributed by atoms with Crippen LogP contribution in [0.25, 0.3) is 0 Å². The van der Waals surface area contributed by atoms with Crippen LogP contribution in [0.2, 0.25) is 3.43 Å². The van der Waals surface area contributed by atoms with Crippen molar-refractivity contribution in [3.63, 3.8) is 0 Å². The number of carbonyl (C=O) groups excluding carboxylic acids is 1. The average Bonchev–Trinajstić information content (AvgIpc) is 2.83. The van der Waals surface area contributed by atoms with Crippen molar-refractivity contribution in [1.29, 1.82) is 0 Å². The maximum absolute atomic E-state index is 10.9. The average molecular weight is 397 g/mol. The minimum absolute atomic E-state index is 0.0679. The molecule has 6 atom stereocenters. The van der Waals surface area contributed by atoms with Gasteiger partial charge in [0.1, 0.15) is 0 Å². The molecule has 2 bridgehead atoms. The zero-order valence-corrected chi connectivity index (χ0v) is 14.8. The zero-order chi connectivity index (χ0) is 10.6. The van der Waals surface area contributed by atoms with Crippen LogP contribution in [0.3, 0.4) is 0 Å². The van der Waals surface area contributed by atoms with E-state index >= 15 is 0 Å². The molecular formula is C11H16HgO3. The van der Waals surface area contributed by atoms with Gasteiger partial charge in [0, 0.05) is 0 Å². The van der Waals surface area contributed by atoms with Crippen molar-refractivity contribution in [3.05, 3.63) is 0 Å². The van der Waals surface area contributed by atoms with E-state index in [9.17, 15) is 4.79 Å². The Balaban J connectivity index is 1.68. The number of rotatable bonds is 3. The van der Waals surface area contributed by atoms with E-state index in [2.05, 4.69) is 0 Å².